The summed E-state index contributed by atoms with van der Waals surface area (Å²) in [6, 6.07) is 3.19. The van der Waals surface area contributed by atoms with Gasteiger partial charge in [0.25, 0.3) is 0 Å². The van der Waals surface area contributed by atoms with E-state index < -0.39 is 17.7 Å². The smallest absolute Gasteiger partial charge is 0.416 e. The lowest BCUT2D eigenvalue weighted by atomic mass is 10.2. The van der Waals surface area contributed by atoms with Crippen LogP contribution in [-0.4, -0.2) is 34.3 Å². The Morgan fingerprint density at radius 3 is 2.59 bits per heavy atom. The summed E-state index contributed by atoms with van der Waals surface area (Å²) in [6.45, 7) is 5.65. The minimum absolute atomic E-state index is 0.0606. The largest absolute Gasteiger partial charge is 0.481 e. The van der Waals surface area contributed by atoms with E-state index in [0.717, 1.165) is 0 Å². The van der Waals surface area contributed by atoms with E-state index in [0.29, 0.717) is 30.2 Å². The Labute approximate surface area is 135 Å². The minimum atomic E-state index is -0.857. The monoisotopic (exact) mass is 328 g/mol. The molecular formula is C15H21ClN2O4. The Balaban J connectivity index is 2.81. The van der Waals surface area contributed by atoms with Crippen molar-refractivity contribution in [3.63, 3.8) is 0 Å². The molecule has 7 heteroatoms. The minimum Gasteiger partial charge on any atom is -0.481 e. The topological polar surface area (TPSA) is 79.7 Å². The van der Waals surface area contributed by atoms with E-state index >= 15 is 0 Å². The second-order valence-corrected chi connectivity index (χ2v) is 6.25. The van der Waals surface area contributed by atoms with E-state index in [1.165, 1.54) is 11.1 Å². The number of nitrogens with zero attached hydrogens (tertiary/aromatic N) is 2. The van der Waals surface area contributed by atoms with Crippen LogP contribution in [0.5, 0.6) is 0 Å². The van der Waals surface area contributed by atoms with Crippen molar-refractivity contribution in [2.75, 3.05) is 11.4 Å². The molecule has 0 saturated heterocycles. The van der Waals surface area contributed by atoms with E-state index in [4.69, 9.17) is 21.4 Å². The van der Waals surface area contributed by atoms with Gasteiger partial charge in [0, 0.05) is 24.2 Å². The fraction of sp³-hybridized carbons (Fsp3) is 0.533. The highest BCUT2D eigenvalue weighted by molar-refractivity contribution is 6.30. The second kappa shape index (κ2) is 7.98. The molecule has 0 aromatic carbocycles. The van der Waals surface area contributed by atoms with Gasteiger partial charge in [-0.3, -0.25) is 9.69 Å². The fourth-order valence-corrected chi connectivity index (χ4v) is 1.86. The number of carboxylic acid groups (broad SMARTS) is 1. The first kappa shape index (κ1) is 18.2. The zero-order valence-corrected chi connectivity index (χ0v) is 13.8. The van der Waals surface area contributed by atoms with Crippen LogP contribution in [0, 0.1) is 0 Å². The summed E-state index contributed by atoms with van der Waals surface area (Å²) in [6.07, 6.45) is 2.03. The molecule has 0 saturated carbocycles. The number of anilines is 1. The number of carbonyl (C=O) groups is 2. The van der Waals surface area contributed by atoms with Gasteiger partial charge in [-0.2, -0.15) is 0 Å². The Morgan fingerprint density at radius 2 is 2.05 bits per heavy atom. The number of pyridine rings is 1. The maximum Gasteiger partial charge on any atom is 0.416 e. The number of rotatable bonds is 6. The third-order valence-electron chi connectivity index (χ3n) is 2.62. The summed E-state index contributed by atoms with van der Waals surface area (Å²) in [7, 11) is 0. The van der Waals surface area contributed by atoms with Crippen molar-refractivity contribution >= 4 is 29.5 Å². The molecule has 1 rings (SSSR count). The van der Waals surface area contributed by atoms with Crippen LogP contribution in [0.2, 0.25) is 5.02 Å². The van der Waals surface area contributed by atoms with E-state index in [9.17, 15) is 9.59 Å². The number of aromatic nitrogens is 1. The fourth-order valence-electron chi connectivity index (χ4n) is 1.70. The highest BCUT2D eigenvalue weighted by Crippen LogP contribution is 2.20. The highest BCUT2D eigenvalue weighted by atomic mass is 35.5. The van der Waals surface area contributed by atoms with Crippen LogP contribution < -0.4 is 4.90 Å². The molecule has 1 aromatic heterocycles. The first-order valence-electron chi connectivity index (χ1n) is 7.03. The van der Waals surface area contributed by atoms with Gasteiger partial charge in [-0.05, 0) is 45.7 Å². The molecule has 1 heterocycles. The lowest BCUT2D eigenvalue weighted by molar-refractivity contribution is -0.137. The molecule has 0 aliphatic carbocycles. The standard InChI is InChI=1S/C15H21ClN2O4/c1-15(2,3)22-14(21)18(9-5-4-6-13(19)20)12-10-11(16)7-8-17-12/h7-8,10H,4-6,9H2,1-3H3,(H,19,20). The van der Waals surface area contributed by atoms with Crippen molar-refractivity contribution in [3.05, 3.63) is 23.4 Å². The maximum absolute atomic E-state index is 12.3. The zero-order valence-electron chi connectivity index (χ0n) is 13.0. The average molecular weight is 329 g/mol. The molecule has 22 heavy (non-hydrogen) atoms. The predicted molar refractivity (Wildman–Crippen MR) is 84.3 cm³/mol. The van der Waals surface area contributed by atoms with Gasteiger partial charge in [-0.1, -0.05) is 11.6 Å². The number of hydrogen-bond donors (Lipinski definition) is 1. The molecule has 0 spiro atoms. The van der Waals surface area contributed by atoms with Gasteiger partial charge < -0.3 is 9.84 Å². The van der Waals surface area contributed by atoms with Crippen LogP contribution in [-0.2, 0) is 9.53 Å². The average Bonchev–Trinajstić information content (AvgIpc) is 2.36. The highest BCUT2D eigenvalue weighted by Gasteiger charge is 2.24. The molecular weight excluding hydrogens is 308 g/mol. The molecule has 0 aliphatic rings. The van der Waals surface area contributed by atoms with Crippen molar-refractivity contribution in [3.8, 4) is 0 Å². The number of unbranched alkanes of at least 4 members (excludes halogenated alkanes) is 1. The number of carbonyl (C=O) groups excluding carboxylic acids is 1. The Hall–Kier alpha value is -1.82. The summed E-state index contributed by atoms with van der Waals surface area (Å²) in [4.78, 5) is 28.4. The number of amides is 1. The number of halogens is 1. The summed E-state index contributed by atoms with van der Waals surface area (Å²) in [5.41, 5.74) is -0.630. The third-order valence-corrected chi connectivity index (χ3v) is 2.86. The van der Waals surface area contributed by atoms with Gasteiger partial charge in [0.05, 0.1) is 0 Å². The van der Waals surface area contributed by atoms with E-state index in [2.05, 4.69) is 4.98 Å². The number of carboxylic acids is 1. The molecule has 1 N–H and O–H groups in total. The van der Waals surface area contributed by atoms with Crippen molar-refractivity contribution in [2.45, 2.75) is 45.6 Å². The van der Waals surface area contributed by atoms with Gasteiger partial charge >= 0.3 is 12.1 Å². The van der Waals surface area contributed by atoms with Crippen molar-refractivity contribution in [2.24, 2.45) is 0 Å². The molecule has 0 aliphatic heterocycles. The van der Waals surface area contributed by atoms with Crippen LogP contribution >= 0.6 is 11.6 Å². The van der Waals surface area contributed by atoms with Gasteiger partial charge in [-0.15, -0.1) is 0 Å². The van der Waals surface area contributed by atoms with Gasteiger partial charge in [0.15, 0.2) is 0 Å². The SMILES string of the molecule is CC(C)(C)OC(=O)N(CCCCC(=O)O)c1cc(Cl)ccn1. The van der Waals surface area contributed by atoms with Crippen LogP contribution in [0.1, 0.15) is 40.0 Å². The summed E-state index contributed by atoms with van der Waals surface area (Å²) >= 11 is 5.93. The molecule has 1 amide bonds. The Kier molecular flexibility index (Phi) is 6.61. The second-order valence-electron chi connectivity index (χ2n) is 5.82. The quantitative estimate of drug-likeness (QED) is 0.805. The van der Waals surface area contributed by atoms with Crippen LogP contribution in [0.15, 0.2) is 18.3 Å². The zero-order chi connectivity index (χ0) is 16.8. The number of ether oxygens (including phenoxy) is 1. The van der Waals surface area contributed by atoms with E-state index in [1.807, 2.05) is 0 Å². The molecule has 0 radical (unpaired) electrons. The lowest BCUT2D eigenvalue weighted by Gasteiger charge is -2.26. The molecule has 0 fully saturated rings. The molecule has 0 bridgehead atoms. The van der Waals surface area contributed by atoms with Gasteiger partial charge in [0.2, 0.25) is 0 Å². The normalized spacial score (nSPS) is 11.1. The summed E-state index contributed by atoms with van der Waals surface area (Å²) in [5, 5.41) is 9.12. The lowest BCUT2D eigenvalue weighted by Crippen LogP contribution is -2.38. The summed E-state index contributed by atoms with van der Waals surface area (Å²) < 4.78 is 5.36. The first-order valence-corrected chi connectivity index (χ1v) is 7.41. The predicted octanol–water partition coefficient (Wildman–Crippen LogP) is 3.73. The van der Waals surface area contributed by atoms with E-state index in [-0.39, 0.29) is 6.42 Å². The Morgan fingerprint density at radius 1 is 1.36 bits per heavy atom. The first-order chi connectivity index (χ1) is 10.2. The molecule has 0 atom stereocenters. The Bertz CT molecular complexity index is 529. The molecule has 122 valence electrons. The molecule has 6 nitrogen and oxygen atoms in total. The van der Waals surface area contributed by atoms with Crippen LogP contribution in [0.25, 0.3) is 0 Å². The number of hydrogen-bond acceptors (Lipinski definition) is 4. The maximum atomic E-state index is 12.3. The molecule has 1 aromatic rings. The van der Waals surface area contributed by atoms with Crippen LogP contribution in [0.3, 0.4) is 0 Å². The van der Waals surface area contributed by atoms with Crippen LogP contribution in [0.4, 0.5) is 10.6 Å². The number of aliphatic carboxylic acids is 1. The van der Waals surface area contributed by atoms with Crippen molar-refractivity contribution in [1.82, 2.24) is 4.98 Å². The van der Waals surface area contributed by atoms with Crippen molar-refractivity contribution in [1.29, 1.82) is 0 Å². The van der Waals surface area contributed by atoms with E-state index in [1.54, 1.807) is 32.9 Å². The van der Waals surface area contributed by atoms with Crippen molar-refractivity contribution < 1.29 is 19.4 Å². The molecule has 0 unspecified atom stereocenters. The summed E-state index contributed by atoms with van der Waals surface area (Å²) in [5.74, 6) is -0.471. The van der Waals surface area contributed by atoms with Gasteiger partial charge in [0.1, 0.15) is 11.4 Å². The third kappa shape index (κ3) is 6.76. The van der Waals surface area contributed by atoms with Gasteiger partial charge in [-0.25, -0.2) is 9.78 Å².